The van der Waals surface area contributed by atoms with Gasteiger partial charge in [0.05, 0.1) is 11.7 Å². The number of pyridine rings is 1. The first kappa shape index (κ1) is 8.64. The van der Waals surface area contributed by atoms with Crippen molar-refractivity contribution in [1.82, 2.24) is 4.98 Å². The van der Waals surface area contributed by atoms with Gasteiger partial charge in [0.1, 0.15) is 0 Å². The lowest BCUT2D eigenvalue weighted by Gasteiger charge is -2.08. The molecule has 11 heavy (non-hydrogen) atoms. The van der Waals surface area contributed by atoms with E-state index in [9.17, 15) is 0 Å². The van der Waals surface area contributed by atoms with Crippen molar-refractivity contribution in [2.24, 2.45) is 11.5 Å². The summed E-state index contributed by atoms with van der Waals surface area (Å²) in [6.45, 7) is 0.412. The van der Waals surface area contributed by atoms with Gasteiger partial charge < -0.3 is 11.5 Å². The molecule has 1 atom stereocenters. The van der Waals surface area contributed by atoms with Crippen molar-refractivity contribution in [1.29, 1.82) is 0 Å². The number of aromatic nitrogens is 1. The van der Waals surface area contributed by atoms with Crippen LogP contribution in [0.2, 0.25) is 0 Å². The third-order valence-corrected chi connectivity index (χ3v) is 2.06. The van der Waals surface area contributed by atoms with E-state index in [1.54, 1.807) is 6.20 Å². The Morgan fingerprint density at radius 1 is 1.64 bits per heavy atom. The Bertz CT molecular complexity index is 239. The molecule has 0 aliphatic heterocycles. The third-order valence-electron chi connectivity index (χ3n) is 1.39. The van der Waals surface area contributed by atoms with Gasteiger partial charge in [-0.3, -0.25) is 4.98 Å². The van der Waals surface area contributed by atoms with Gasteiger partial charge in [-0.1, -0.05) is 0 Å². The van der Waals surface area contributed by atoms with Crippen LogP contribution in [-0.2, 0) is 0 Å². The van der Waals surface area contributed by atoms with Gasteiger partial charge in [0.25, 0.3) is 0 Å². The standard InChI is InChI=1S/C7H10BrN3/c8-5-2-1-3-11-7(5)6(10)4-9/h1-3,6H,4,9-10H2. The Morgan fingerprint density at radius 3 is 2.91 bits per heavy atom. The lowest BCUT2D eigenvalue weighted by atomic mass is 10.2. The molecule has 4 N–H and O–H groups in total. The van der Waals surface area contributed by atoms with Crippen LogP contribution in [0.1, 0.15) is 11.7 Å². The minimum absolute atomic E-state index is 0.175. The fourth-order valence-electron chi connectivity index (χ4n) is 0.782. The molecule has 0 saturated carbocycles. The molecule has 1 aromatic heterocycles. The van der Waals surface area contributed by atoms with E-state index in [0.717, 1.165) is 10.2 Å². The normalized spacial score (nSPS) is 13.0. The SMILES string of the molecule is NCC(N)c1ncccc1Br. The number of halogens is 1. The summed E-state index contributed by atoms with van der Waals surface area (Å²) in [5, 5.41) is 0. The second-order valence-electron chi connectivity index (χ2n) is 2.21. The zero-order chi connectivity index (χ0) is 8.27. The number of nitrogens with two attached hydrogens (primary N) is 2. The van der Waals surface area contributed by atoms with Crippen molar-refractivity contribution >= 4 is 15.9 Å². The Hall–Kier alpha value is -0.450. The maximum absolute atomic E-state index is 5.68. The lowest BCUT2D eigenvalue weighted by molar-refractivity contribution is 0.707. The molecule has 0 radical (unpaired) electrons. The molecule has 0 aliphatic rings. The Labute approximate surface area is 73.9 Å². The van der Waals surface area contributed by atoms with E-state index in [0.29, 0.717) is 6.54 Å². The molecule has 4 heteroatoms. The van der Waals surface area contributed by atoms with E-state index in [4.69, 9.17) is 11.5 Å². The molecular weight excluding hydrogens is 206 g/mol. The number of hydrogen-bond donors (Lipinski definition) is 2. The minimum atomic E-state index is -0.175. The van der Waals surface area contributed by atoms with Crippen LogP contribution in [0.25, 0.3) is 0 Å². The van der Waals surface area contributed by atoms with Crippen LogP contribution >= 0.6 is 15.9 Å². The molecule has 0 aliphatic carbocycles. The average molecular weight is 216 g/mol. The summed E-state index contributed by atoms with van der Waals surface area (Å²) in [5.41, 5.74) is 11.9. The minimum Gasteiger partial charge on any atom is -0.329 e. The van der Waals surface area contributed by atoms with Crippen molar-refractivity contribution < 1.29 is 0 Å². The molecule has 0 bridgehead atoms. The molecule has 0 spiro atoms. The Morgan fingerprint density at radius 2 is 2.36 bits per heavy atom. The monoisotopic (exact) mass is 215 g/mol. The summed E-state index contributed by atoms with van der Waals surface area (Å²) in [6, 6.07) is 3.57. The van der Waals surface area contributed by atoms with E-state index in [1.807, 2.05) is 12.1 Å². The highest BCUT2D eigenvalue weighted by atomic mass is 79.9. The average Bonchev–Trinajstić information content (AvgIpc) is 2.04. The van der Waals surface area contributed by atoms with Gasteiger partial charge in [0, 0.05) is 17.2 Å². The predicted octanol–water partition coefficient (Wildman–Crippen LogP) is 0.803. The summed E-state index contributed by atoms with van der Waals surface area (Å²) >= 11 is 3.34. The van der Waals surface area contributed by atoms with Gasteiger partial charge in [-0.15, -0.1) is 0 Å². The lowest BCUT2D eigenvalue weighted by Crippen LogP contribution is -2.22. The first-order valence-corrected chi connectivity index (χ1v) is 4.11. The van der Waals surface area contributed by atoms with Gasteiger partial charge in [-0.05, 0) is 28.1 Å². The molecule has 1 rings (SSSR count). The second kappa shape index (κ2) is 3.80. The summed E-state index contributed by atoms with van der Waals surface area (Å²) in [6.07, 6.45) is 1.70. The third kappa shape index (κ3) is 1.99. The maximum atomic E-state index is 5.68. The first-order valence-electron chi connectivity index (χ1n) is 3.31. The van der Waals surface area contributed by atoms with Crippen molar-refractivity contribution in [2.75, 3.05) is 6.54 Å². The molecule has 0 saturated heterocycles. The van der Waals surface area contributed by atoms with Crippen molar-refractivity contribution in [3.8, 4) is 0 Å². The molecule has 0 fully saturated rings. The number of nitrogens with zero attached hydrogens (tertiary/aromatic N) is 1. The fourth-order valence-corrected chi connectivity index (χ4v) is 1.33. The van der Waals surface area contributed by atoms with E-state index in [1.165, 1.54) is 0 Å². The smallest absolute Gasteiger partial charge is 0.0725 e. The highest BCUT2D eigenvalue weighted by molar-refractivity contribution is 9.10. The predicted molar refractivity (Wildman–Crippen MR) is 47.9 cm³/mol. The van der Waals surface area contributed by atoms with Gasteiger partial charge >= 0.3 is 0 Å². The fraction of sp³-hybridized carbons (Fsp3) is 0.286. The molecule has 1 aromatic rings. The van der Waals surface area contributed by atoms with Gasteiger partial charge in [0.2, 0.25) is 0 Å². The van der Waals surface area contributed by atoms with Gasteiger partial charge in [-0.2, -0.15) is 0 Å². The first-order chi connectivity index (χ1) is 5.25. The van der Waals surface area contributed by atoms with Gasteiger partial charge in [0.15, 0.2) is 0 Å². The van der Waals surface area contributed by atoms with E-state index >= 15 is 0 Å². The van der Waals surface area contributed by atoms with Crippen molar-refractivity contribution in [2.45, 2.75) is 6.04 Å². The molecule has 3 nitrogen and oxygen atoms in total. The van der Waals surface area contributed by atoms with Crippen LogP contribution in [-0.4, -0.2) is 11.5 Å². The van der Waals surface area contributed by atoms with Gasteiger partial charge in [-0.25, -0.2) is 0 Å². The maximum Gasteiger partial charge on any atom is 0.0725 e. The summed E-state index contributed by atoms with van der Waals surface area (Å²) in [7, 11) is 0. The summed E-state index contributed by atoms with van der Waals surface area (Å²) < 4.78 is 0.915. The number of rotatable bonds is 2. The summed E-state index contributed by atoms with van der Waals surface area (Å²) in [5.74, 6) is 0. The van der Waals surface area contributed by atoms with Crippen LogP contribution in [0, 0.1) is 0 Å². The van der Waals surface area contributed by atoms with Crippen molar-refractivity contribution in [3.63, 3.8) is 0 Å². The number of hydrogen-bond acceptors (Lipinski definition) is 3. The molecule has 1 heterocycles. The highest BCUT2D eigenvalue weighted by Gasteiger charge is 2.07. The highest BCUT2D eigenvalue weighted by Crippen LogP contribution is 2.17. The Kier molecular flexibility index (Phi) is 2.99. The van der Waals surface area contributed by atoms with Crippen LogP contribution in [0.15, 0.2) is 22.8 Å². The zero-order valence-electron chi connectivity index (χ0n) is 6.00. The van der Waals surface area contributed by atoms with E-state index in [-0.39, 0.29) is 6.04 Å². The molecule has 0 aromatic carbocycles. The van der Waals surface area contributed by atoms with E-state index < -0.39 is 0 Å². The quantitative estimate of drug-likeness (QED) is 0.768. The van der Waals surface area contributed by atoms with Crippen LogP contribution < -0.4 is 11.5 Å². The molecule has 0 amide bonds. The zero-order valence-corrected chi connectivity index (χ0v) is 7.58. The molecule has 1 unspecified atom stereocenters. The molecular formula is C7H10BrN3. The molecule has 60 valence electrons. The summed E-state index contributed by atoms with van der Waals surface area (Å²) in [4.78, 5) is 4.10. The Balaban J connectivity index is 2.93. The topological polar surface area (TPSA) is 64.9 Å². The van der Waals surface area contributed by atoms with Crippen LogP contribution in [0.3, 0.4) is 0 Å². The van der Waals surface area contributed by atoms with Crippen LogP contribution in [0.5, 0.6) is 0 Å². The van der Waals surface area contributed by atoms with Crippen LogP contribution in [0.4, 0.5) is 0 Å². The second-order valence-corrected chi connectivity index (χ2v) is 3.07. The van der Waals surface area contributed by atoms with E-state index in [2.05, 4.69) is 20.9 Å². The van der Waals surface area contributed by atoms with Crippen molar-refractivity contribution in [3.05, 3.63) is 28.5 Å². The largest absolute Gasteiger partial charge is 0.329 e.